The Labute approximate surface area is 156 Å². The maximum Gasteiger partial charge on any atom is 0.247 e. The SMILES string of the molecule is Fc1ccc2[nH]c3nc(SCc4nnc(-c5ccccc5)o4)nnc3c2c1. The average molecular weight is 378 g/mol. The van der Waals surface area contributed by atoms with Gasteiger partial charge in [-0.2, -0.15) is 0 Å². The Bertz CT molecular complexity index is 1250. The fourth-order valence-corrected chi connectivity index (χ4v) is 3.35. The van der Waals surface area contributed by atoms with Gasteiger partial charge in [-0.05, 0) is 30.3 Å². The van der Waals surface area contributed by atoms with Crippen molar-refractivity contribution in [2.75, 3.05) is 0 Å². The summed E-state index contributed by atoms with van der Waals surface area (Å²) in [6.45, 7) is 0. The van der Waals surface area contributed by atoms with E-state index in [-0.39, 0.29) is 5.82 Å². The van der Waals surface area contributed by atoms with Crippen LogP contribution in [-0.4, -0.2) is 30.4 Å². The number of aromatic nitrogens is 6. The van der Waals surface area contributed by atoms with Gasteiger partial charge in [-0.25, -0.2) is 9.37 Å². The molecule has 27 heavy (non-hydrogen) atoms. The van der Waals surface area contributed by atoms with Crippen molar-refractivity contribution in [1.82, 2.24) is 30.4 Å². The fourth-order valence-electron chi connectivity index (χ4n) is 2.73. The van der Waals surface area contributed by atoms with Crippen molar-refractivity contribution < 1.29 is 8.81 Å². The molecule has 3 aromatic heterocycles. The lowest BCUT2D eigenvalue weighted by atomic mass is 10.2. The van der Waals surface area contributed by atoms with Crippen LogP contribution >= 0.6 is 11.8 Å². The Balaban J connectivity index is 1.37. The lowest BCUT2D eigenvalue weighted by molar-refractivity contribution is 0.528. The second kappa shape index (κ2) is 6.44. The summed E-state index contributed by atoms with van der Waals surface area (Å²) >= 11 is 1.33. The predicted molar refractivity (Wildman–Crippen MR) is 98.4 cm³/mol. The van der Waals surface area contributed by atoms with Crippen molar-refractivity contribution in [2.24, 2.45) is 0 Å². The zero-order valence-electron chi connectivity index (χ0n) is 13.8. The number of H-pyrrole nitrogens is 1. The summed E-state index contributed by atoms with van der Waals surface area (Å²) in [6, 6.07) is 14.0. The van der Waals surface area contributed by atoms with E-state index in [0.717, 1.165) is 11.1 Å². The molecule has 0 amide bonds. The number of rotatable bonds is 4. The summed E-state index contributed by atoms with van der Waals surface area (Å²) < 4.78 is 19.1. The normalized spacial score (nSPS) is 11.4. The molecule has 3 heterocycles. The molecule has 132 valence electrons. The van der Waals surface area contributed by atoms with E-state index in [4.69, 9.17) is 4.42 Å². The third-order valence-corrected chi connectivity index (χ3v) is 4.79. The average Bonchev–Trinajstić information content (AvgIpc) is 3.31. The summed E-state index contributed by atoms with van der Waals surface area (Å²) in [5.41, 5.74) is 2.73. The molecule has 0 radical (unpaired) electrons. The van der Waals surface area contributed by atoms with Gasteiger partial charge in [-0.3, -0.25) is 0 Å². The quantitative estimate of drug-likeness (QED) is 0.473. The molecule has 0 atom stereocenters. The molecule has 2 aromatic carbocycles. The van der Waals surface area contributed by atoms with Gasteiger partial charge in [0, 0.05) is 16.5 Å². The number of nitrogens with one attached hydrogen (secondary N) is 1. The fraction of sp³-hybridized carbons (Fsp3) is 0.0556. The van der Waals surface area contributed by atoms with Gasteiger partial charge in [-0.1, -0.05) is 30.0 Å². The van der Waals surface area contributed by atoms with E-state index < -0.39 is 0 Å². The van der Waals surface area contributed by atoms with Gasteiger partial charge in [0.25, 0.3) is 0 Å². The van der Waals surface area contributed by atoms with E-state index in [2.05, 4.69) is 30.4 Å². The van der Waals surface area contributed by atoms with E-state index in [0.29, 0.717) is 39.2 Å². The Kier molecular flexibility index (Phi) is 3.79. The van der Waals surface area contributed by atoms with E-state index in [1.807, 2.05) is 30.3 Å². The highest BCUT2D eigenvalue weighted by atomic mass is 32.2. The number of hydrogen-bond donors (Lipinski definition) is 1. The summed E-state index contributed by atoms with van der Waals surface area (Å²) in [6.07, 6.45) is 0. The standard InChI is InChI=1S/C18H11FN6OS/c19-11-6-7-13-12(8-11)15-16(20-13)21-18(25-23-15)27-9-14-22-24-17(26-14)10-4-2-1-3-5-10/h1-8H,9H2,(H,20,21,25). The number of thioether (sulfide) groups is 1. The molecule has 5 aromatic rings. The molecule has 0 aliphatic carbocycles. The van der Waals surface area contributed by atoms with Crippen molar-refractivity contribution >= 4 is 33.8 Å². The molecule has 0 aliphatic rings. The summed E-state index contributed by atoms with van der Waals surface area (Å²) in [7, 11) is 0. The van der Waals surface area contributed by atoms with Crippen LogP contribution in [-0.2, 0) is 5.75 Å². The number of fused-ring (bicyclic) bond motifs is 3. The monoisotopic (exact) mass is 378 g/mol. The van der Waals surface area contributed by atoms with E-state index in [9.17, 15) is 4.39 Å². The Morgan fingerprint density at radius 2 is 1.89 bits per heavy atom. The Morgan fingerprint density at radius 1 is 1.00 bits per heavy atom. The number of nitrogens with zero attached hydrogens (tertiary/aromatic N) is 5. The zero-order valence-corrected chi connectivity index (χ0v) is 14.6. The van der Waals surface area contributed by atoms with Crippen molar-refractivity contribution in [3.8, 4) is 11.5 Å². The molecule has 9 heteroatoms. The van der Waals surface area contributed by atoms with Gasteiger partial charge < -0.3 is 9.40 Å². The Hall–Kier alpha value is -3.33. The largest absolute Gasteiger partial charge is 0.420 e. The van der Waals surface area contributed by atoms with Crippen LogP contribution in [0.25, 0.3) is 33.5 Å². The highest BCUT2D eigenvalue weighted by Crippen LogP contribution is 2.26. The van der Waals surface area contributed by atoms with Crippen LogP contribution < -0.4 is 0 Å². The predicted octanol–water partition coefficient (Wildman–Crippen LogP) is 3.99. The van der Waals surface area contributed by atoms with Gasteiger partial charge >= 0.3 is 0 Å². The van der Waals surface area contributed by atoms with Crippen molar-refractivity contribution in [1.29, 1.82) is 0 Å². The maximum absolute atomic E-state index is 13.4. The van der Waals surface area contributed by atoms with Gasteiger partial charge in [0.2, 0.25) is 16.9 Å². The Morgan fingerprint density at radius 3 is 2.78 bits per heavy atom. The highest BCUT2D eigenvalue weighted by Gasteiger charge is 2.12. The first kappa shape index (κ1) is 15.9. The third-order valence-electron chi connectivity index (χ3n) is 3.97. The van der Waals surface area contributed by atoms with E-state index in [1.165, 1.54) is 23.9 Å². The molecule has 0 bridgehead atoms. The molecular weight excluding hydrogens is 367 g/mol. The summed E-state index contributed by atoms with van der Waals surface area (Å²) in [4.78, 5) is 7.57. The topological polar surface area (TPSA) is 93.4 Å². The first-order chi connectivity index (χ1) is 13.3. The van der Waals surface area contributed by atoms with Gasteiger partial charge in [0.05, 0.1) is 5.75 Å². The first-order valence-corrected chi connectivity index (χ1v) is 9.07. The lowest BCUT2D eigenvalue weighted by Gasteiger charge is -1.96. The molecule has 0 saturated carbocycles. The zero-order chi connectivity index (χ0) is 18.2. The summed E-state index contributed by atoms with van der Waals surface area (Å²) in [5.74, 6) is 1.04. The van der Waals surface area contributed by atoms with Crippen LogP contribution in [0.5, 0.6) is 0 Å². The second-order valence-electron chi connectivity index (χ2n) is 5.76. The molecule has 0 aliphatic heterocycles. The van der Waals surface area contributed by atoms with Crippen LogP contribution in [0.15, 0.2) is 58.1 Å². The van der Waals surface area contributed by atoms with Gasteiger partial charge in [-0.15, -0.1) is 20.4 Å². The molecular formula is C18H11FN6OS. The smallest absolute Gasteiger partial charge is 0.247 e. The van der Waals surface area contributed by atoms with Crippen LogP contribution in [0, 0.1) is 5.82 Å². The number of aromatic amines is 1. The molecule has 0 spiro atoms. The van der Waals surface area contributed by atoms with Gasteiger partial charge in [0.15, 0.2) is 5.65 Å². The van der Waals surface area contributed by atoms with Crippen LogP contribution in [0.1, 0.15) is 5.89 Å². The number of halogens is 1. The van der Waals surface area contributed by atoms with Crippen LogP contribution in [0.4, 0.5) is 4.39 Å². The number of benzene rings is 2. The minimum absolute atomic E-state index is 0.325. The molecule has 0 fully saturated rings. The lowest BCUT2D eigenvalue weighted by Crippen LogP contribution is -1.92. The van der Waals surface area contributed by atoms with Crippen molar-refractivity contribution in [3.63, 3.8) is 0 Å². The van der Waals surface area contributed by atoms with Gasteiger partial charge in [0.1, 0.15) is 11.3 Å². The highest BCUT2D eigenvalue weighted by molar-refractivity contribution is 7.98. The summed E-state index contributed by atoms with van der Waals surface area (Å²) in [5, 5.41) is 17.5. The minimum atomic E-state index is -0.325. The molecule has 1 N–H and O–H groups in total. The molecule has 0 saturated heterocycles. The van der Waals surface area contributed by atoms with E-state index >= 15 is 0 Å². The van der Waals surface area contributed by atoms with Crippen molar-refractivity contribution in [2.45, 2.75) is 10.9 Å². The second-order valence-corrected chi connectivity index (χ2v) is 6.70. The van der Waals surface area contributed by atoms with Crippen LogP contribution in [0.2, 0.25) is 0 Å². The third kappa shape index (κ3) is 3.02. The molecule has 7 nitrogen and oxygen atoms in total. The minimum Gasteiger partial charge on any atom is -0.420 e. The number of hydrogen-bond acceptors (Lipinski definition) is 7. The van der Waals surface area contributed by atoms with E-state index in [1.54, 1.807) is 6.07 Å². The first-order valence-electron chi connectivity index (χ1n) is 8.08. The molecule has 5 rings (SSSR count). The maximum atomic E-state index is 13.4. The molecule has 0 unspecified atom stereocenters. The van der Waals surface area contributed by atoms with Crippen molar-refractivity contribution in [3.05, 3.63) is 60.2 Å². The van der Waals surface area contributed by atoms with Crippen LogP contribution in [0.3, 0.4) is 0 Å².